The van der Waals surface area contributed by atoms with Crippen molar-refractivity contribution in [1.29, 1.82) is 0 Å². The number of nitrogens with zero attached hydrogens (tertiary/aromatic N) is 1. The van der Waals surface area contributed by atoms with Gasteiger partial charge in [-0.1, -0.05) is 0 Å². The predicted molar refractivity (Wildman–Crippen MR) is 59.6 cm³/mol. The maximum absolute atomic E-state index is 12.0. The first kappa shape index (κ1) is 14.7. The van der Waals surface area contributed by atoms with Crippen molar-refractivity contribution in [2.45, 2.75) is 18.0 Å². The molecule has 1 aromatic rings. The maximum Gasteiger partial charge on any atom is 0.402 e. The van der Waals surface area contributed by atoms with E-state index in [-0.39, 0.29) is 10.6 Å². The standard InChI is InChI=1S/C9H12F3N3O2S/c1-2-14-7-3-4-13-5-8(7)18(16,17)15-6-9(10,11)12/h3-5,15H,2,6H2,1H3,(H,13,14). The Morgan fingerprint density at radius 1 is 1.39 bits per heavy atom. The van der Waals surface area contributed by atoms with Crippen LogP contribution in [0.4, 0.5) is 18.9 Å². The lowest BCUT2D eigenvalue weighted by Gasteiger charge is -2.12. The summed E-state index contributed by atoms with van der Waals surface area (Å²) in [5.41, 5.74) is 0.210. The summed E-state index contributed by atoms with van der Waals surface area (Å²) in [6.07, 6.45) is -2.26. The van der Waals surface area contributed by atoms with E-state index in [4.69, 9.17) is 0 Å². The first-order chi connectivity index (χ1) is 8.26. The molecule has 0 radical (unpaired) electrons. The van der Waals surface area contributed by atoms with Crippen LogP contribution in [0.1, 0.15) is 6.92 Å². The summed E-state index contributed by atoms with van der Waals surface area (Å²) in [4.78, 5) is 3.29. The summed E-state index contributed by atoms with van der Waals surface area (Å²) in [7, 11) is -4.24. The SMILES string of the molecule is CCNc1ccncc1S(=O)(=O)NCC(F)(F)F. The van der Waals surface area contributed by atoms with Gasteiger partial charge in [0.15, 0.2) is 0 Å². The third-order valence-corrected chi connectivity index (χ3v) is 3.33. The van der Waals surface area contributed by atoms with Crippen molar-refractivity contribution in [1.82, 2.24) is 9.71 Å². The molecule has 0 spiro atoms. The zero-order chi connectivity index (χ0) is 13.8. The van der Waals surface area contributed by atoms with Gasteiger partial charge in [-0.15, -0.1) is 0 Å². The highest BCUT2D eigenvalue weighted by Gasteiger charge is 2.30. The molecule has 0 bridgehead atoms. The summed E-state index contributed by atoms with van der Waals surface area (Å²) < 4.78 is 60.8. The Kier molecular flexibility index (Phi) is 4.52. The van der Waals surface area contributed by atoms with Crippen LogP contribution in [0.25, 0.3) is 0 Å². The van der Waals surface area contributed by atoms with Gasteiger partial charge < -0.3 is 5.32 Å². The number of rotatable bonds is 5. The van der Waals surface area contributed by atoms with Gasteiger partial charge in [0.1, 0.15) is 11.4 Å². The van der Waals surface area contributed by atoms with Crippen LogP contribution in [0, 0.1) is 0 Å². The van der Waals surface area contributed by atoms with Gasteiger partial charge in [0.2, 0.25) is 10.0 Å². The fourth-order valence-electron chi connectivity index (χ4n) is 1.19. The number of anilines is 1. The fraction of sp³-hybridized carbons (Fsp3) is 0.444. The van der Waals surface area contributed by atoms with E-state index in [1.807, 2.05) is 0 Å². The number of nitrogens with one attached hydrogen (secondary N) is 2. The van der Waals surface area contributed by atoms with Gasteiger partial charge in [-0.05, 0) is 13.0 Å². The normalized spacial score (nSPS) is 12.4. The third kappa shape index (κ3) is 4.15. The summed E-state index contributed by atoms with van der Waals surface area (Å²) >= 11 is 0. The van der Waals surface area contributed by atoms with Crippen LogP contribution in [-0.2, 0) is 10.0 Å². The monoisotopic (exact) mass is 283 g/mol. The van der Waals surface area contributed by atoms with Gasteiger partial charge in [-0.2, -0.15) is 13.2 Å². The minimum Gasteiger partial charge on any atom is -0.384 e. The molecule has 0 aliphatic carbocycles. The van der Waals surface area contributed by atoms with E-state index in [1.54, 1.807) is 6.92 Å². The van der Waals surface area contributed by atoms with Gasteiger partial charge in [0.25, 0.3) is 0 Å². The summed E-state index contributed by atoms with van der Waals surface area (Å²) in [6.45, 7) is 0.557. The molecule has 1 heterocycles. The number of sulfonamides is 1. The van der Waals surface area contributed by atoms with Crippen LogP contribution < -0.4 is 10.0 Å². The lowest BCUT2D eigenvalue weighted by Crippen LogP contribution is -2.34. The van der Waals surface area contributed by atoms with Gasteiger partial charge in [-0.25, -0.2) is 13.1 Å². The number of aromatic nitrogens is 1. The molecule has 18 heavy (non-hydrogen) atoms. The molecule has 2 N–H and O–H groups in total. The van der Waals surface area contributed by atoms with Crippen LogP contribution >= 0.6 is 0 Å². The minimum atomic E-state index is -4.60. The van der Waals surface area contributed by atoms with E-state index < -0.39 is 22.7 Å². The average Bonchev–Trinajstić information content (AvgIpc) is 2.27. The van der Waals surface area contributed by atoms with Gasteiger partial charge in [-0.3, -0.25) is 4.98 Å². The van der Waals surface area contributed by atoms with Crippen molar-refractivity contribution in [3.8, 4) is 0 Å². The zero-order valence-electron chi connectivity index (χ0n) is 9.45. The first-order valence-corrected chi connectivity index (χ1v) is 6.49. The second-order valence-corrected chi connectivity index (χ2v) is 5.08. The molecular formula is C9H12F3N3O2S. The molecule has 1 aromatic heterocycles. The average molecular weight is 283 g/mol. The highest BCUT2D eigenvalue weighted by Crippen LogP contribution is 2.20. The van der Waals surface area contributed by atoms with E-state index in [2.05, 4.69) is 10.3 Å². The lowest BCUT2D eigenvalue weighted by atomic mass is 10.4. The molecule has 0 unspecified atom stereocenters. The summed E-state index contributed by atoms with van der Waals surface area (Å²) in [5.74, 6) is 0. The highest BCUT2D eigenvalue weighted by atomic mass is 32.2. The Bertz CT molecular complexity index is 502. The largest absolute Gasteiger partial charge is 0.402 e. The molecule has 0 aliphatic heterocycles. The van der Waals surface area contributed by atoms with Crippen molar-refractivity contribution in [2.24, 2.45) is 0 Å². The van der Waals surface area contributed by atoms with Crippen molar-refractivity contribution in [3.05, 3.63) is 18.5 Å². The number of halogens is 3. The molecule has 0 saturated carbocycles. The first-order valence-electron chi connectivity index (χ1n) is 5.00. The number of alkyl halides is 3. The Hall–Kier alpha value is -1.35. The minimum absolute atomic E-state index is 0.210. The van der Waals surface area contributed by atoms with Crippen molar-refractivity contribution in [3.63, 3.8) is 0 Å². The molecule has 0 amide bonds. The van der Waals surface area contributed by atoms with Gasteiger partial charge in [0, 0.05) is 18.9 Å². The molecule has 102 valence electrons. The molecule has 0 atom stereocenters. The number of pyridine rings is 1. The van der Waals surface area contributed by atoms with Crippen LogP contribution in [0.2, 0.25) is 0 Å². The van der Waals surface area contributed by atoms with Crippen LogP contribution in [0.5, 0.6) is 0 Å². The van der Waals surface area contributed by atoms with Crippen molar-refractivity contribution >= 4 is 15.7 Å². The topological polar surface area (TPSA) is 71.1 Å². The fourth-order valence-corrected chi connectivity index (χ4v) is 2.32. The molecule has 9 heteroatoms. The number of hydrogen-bond donors (Lipinski definition) is 2. The molecule has 0 saturated heterocycles. The van der Waals surface area contributed by atoms with E-state index in [9.17, 15) is 21.6 Å². The molecule has 1 rings (SSSR count). The molecular weight excluding hydrogens is 271 g/mol. The quantitative estimate of drug-likeness (QED) is 0.856. The lowest BCUT2D eigenvalue weighted by molar-refractivity contribution is -0.121. The molecule has 0 aromatic carbocycles. The highest BCUT2D eigenvalue weighted by molar-refractivity contribution is 7.89. The van der Waals surface area contributed by atoms with Crippen LogP contribution in [0.3, 0.4) is 0 Å². The molecule has 0 aliphatic rings. The van der Waals surface area contributed by atoms with Crippen molar-refractivity contribution in [2.75, 3.05) is 18.4 Å². The Morgan fingerprint density at radius 3 is 2.61 bits per heavy atom. The second-order valence-electron chi connectivity index (χ2n) is 3.34. The Balaban J connectivity index is 2.98. The van der Waals surface area contributed by atoms with E-state index in [0.717, 1.165) is 6.20 Å². The Labute approximate surface area is 102 Å². The maximum atomic E-state index is 12.0. The number of hydrogen-bond acceptors (Lipinski definition) is 4. The zero-order valence-corrected chi connectivity index (χ0v) is 10.3. The summed E-state index contributed by atoms with van der Waals surface area (Å²) in [5, 5.41) is 2.74. The molecule has 5 nitrogen and oxygen atoms in total. The Morgan fingerprint density at radius 2 is 2.06 bits per heavy atom. The third-order valence-electron chi connectivity index (χ3n) is 1.90. The van der Waals surface area contributed by atoms with E-state index >= 15 is 0 Å². The van der Waals surface area contributed by atoms with Gasteiger partial charge >= 0.3 is 6.18 Å². The van der Waals surface area contributed by atoms with Gasteiger partial charge in [0.05, 0.1) is 5.69 Å². The van der Waals surface area contributed by atoms with Crippen molar-refractivity contribution < 1.29 is 21.6 Å². The van der Waals surface area contributed by atoms with E-state index in [1.165, 1.54) is 17.0 Å². The van der Waals surface area contributed by atoms with E-state index in [0.29, 0.717) is 6.54 Å². The second kappa shape index (κ2) is 5.53. The van der Waals surface area contributed by atoms with Crippen LogP contribution in [0.15, 0.2) is 23.4 Å². The van der Waals surface area contributed by atoms with Crippen LogP contribution in [-0.4, -0.2) is 32.7 Å². The predicted octanol–water partition coefficient (Wildman–Crippen LogP) is 1.35. The summed E-state index contributed by atoms with van der Waals surface area (Å²) in [6, 6.07) is 1.38. The smallest absolute Gasteiger partial charge is 0.384 e. The molecule has 0 fully saturated rings.